The summed E-state index contributed by atoms with van der Waals surface area (Å²) >= 11 is 0. The third kappa shape index (κ3) is 5.80. The Morgan fingerprint density at radius 1 is 1.17 bits per heavy atom. The molecule has 0 saturated carbocycles. The molecule has 1 aromatic carbocycles. The second kappa shape index (κ2) is 8.66. The van der Waals surface area contributed by atoms with Gasteiger partial charge in [-0.3, -0.25) is 4.79 Å². The monoisotopic (exact) mass is 250 g/mol. The van der Waals surface area contributed by atoms with Crippen LogP contribution < -0.4 is 10.6 Å². The van der Waals surface area contributed by atoms with Gasteiger partial charge in [0.1, 0.15) is 0 Å². The van der Waals surface area contributed by atoms with Gasteiger partial charge in [-0.15, -0.1) is 0 Å². The van der Waals surface area contributed by atoms with E-state index < -0.39 is 0 Å². The summed E-state index contributed by atoms with van der Waals surface area (Å²) in [4.78, 5) is 11.3. The Balaban J connectivity index is 2.15. The van der Waals surface area contributed by atoms with Crippen LogP contribution in [0.3, 0.4) is 0 Å². The fraction of sp³-hybridized carbons (Fsp3) is 0.500. The zero-order valence-electron chi connectivity index (χ0n) is 10.9. The molecule has 0 saturated heterocycles. The molecular formula is C14H22N2O2. The molecule has 100 valence electrons. The highest BCUT2D eigenvalue weighted by atomic mass is 16.3. The minimum Gasteiger partial charge on any atom is -0.392 e. The number of hydrogen-bond donors (Lipinski definition) is 3. The van der Waals surface area contributed by atoms with Crippen molar-refractivity contribution >= 4 is 5.91 Å². The Bertz CT molecular complexity index is 349. The van der Waals surface area contributed by atoms with Gasteiger partial charge in [0.2, 0.25) is 5.91 Å². The van der Waals surface area contributed by atoms with Crippen molar-refractivity contribution in [2.24, 2.45) is 0 Å². The molecule has 0 radical (unpaired) electrons. The van der Waals surface area contributed by atoms with E-state index in [9.17, 15) is 4.79 Å². The molecule has 0 heterocycles. The van der Waals surface area contributed by atoms with E-state index in [2.05, 4.69) is 10.6 Å². The summed E-state index contributed by atoms with van der Waals surface area (Å²) in [5, 5.41) is 15.0. The van der Waals surface area contributed by atoms with Gasteiger partial charge in [-0.25, -0.2) is 0 Å². The number of carbonyl (C=O) groups excluding carboxylic acids is 1. The summed E-state index contributed by atoms with van der Waals surface area (Å²) in [7, 11) is 0. The maximum atomic E-state index is 11.3. The first-order valence-electron chi connectivity index (χ1n) is 6.42. The van der Waals surface area contributed by atoms with Gasteiger partial charge < -0.3 is 15.7 Å². The Kier molecular flexibility index (Phi) is 7.06. The summed E-state index contributed by atoms with van der Waals surface area (Å²) in [6.45, 7) is 4.28. The van der Waals surface area contributed by atoms with Crippen LogP contribution in [0.5, 0.6) is 0 Å². The van der Waals surface area contributed by atoms with Gasteiger partial charge in [-0.2, -0.15) is 0 Å². The van der Waals surface area contributed by atoms with Crippen LogP contribution in [0.1, 0.15) is 30.9 Å². The van der Waals surface area contributed by atoms with Gasteiger partial charge in [0.25, 0.3) is 0 Å². The van der Waals surface area contributed by atoms with Crippen molar-refractivity contribution in [3.05, 3.63) is 35.4 Å². The molecular weight excluding hydrogens is 228 g/mol. The lowest BCUT2D eigenvalue weighted by Crippen LogP contribution is -2.28. The van der Waals surface area contributed by atoms with Crippen molar-refractivity contribution < 1.29 is 9.90 Å². The molecule has 0 aromatic heterocycles. The SMILES string of the molecule is CCCNC(=O)CCNCc1ccc(CO)cc1. The first kappa shape index (κ1) is 14.7. The molecule has 1 amide bonds. The first-order valence-corrected chi connectivity index (χ1v) is 6.42. The minimum absolute atomic E-state index is 0.0747. The molecule has 1 aromatic rings. The maximum absolute atomic E-state index is 11.3. The van der Waals surface area contributed by atoms with Crippen LogP contribution in [0.4, 0.5) is 0 Å². The lowest BCUT2D eigenvalue weighted by Gasteiger charge is -2.06. The minimum atomic E-state index is 0.0747. The van der Waals surface area contributed by atoms with Crippen molar-refractivity contribution in [3.63, 3.8) is 0 Å². The lowest BCUT2D eigenvalue weighted by atomic mass is 10.1. The average Bonchev–Trinajstić information content (AvgIpc) is 2.42. The van der Waals surface area contributed by atoms with Gasteiger partial charge in [0.15, 0.2) is 0 Å². The Morgan fingerprint density at radius 3 is 2.44 bits per heavy atom. The molecule has 4 heteroatoms. The van der Waals surface area contributed by atoms with Crippen molar-refractivity contribution in [2.75, 3.05) is 13.1 Å². The fourth-order valence-corrected chi connectivity index (χ4v) is 1.55. The molecule has 3 N–H and O–H groups in total. The van der Waals surface area contributed by atoms with E-state index in [1.54, 1.807) is 0 Å². The zero-order chi connectivity index (χ0) is 13.2. The molecule has 0 aliphatic heterocycles. The predicted molar refractivity (Wildman–Crippen MR) is 72.0 cm³/mol. The van der Waals surface area contributed by atoms with E-state index in [0.29, 0.717) is 13.0 Å². The average molecular weight is 250 g/mol. The summed E-state index contributed by atoms with van der Waals surface area (Å²) in [5.41, 5.74) is 2.07. The van der Waals surface area contributed by atoms with Crippen LogP contribution in [0.2, 0.25) is 0 Å². The number of aliphatic hydroxyl groups is 1. The highest BCUT2D eigenvalue weighted by Gasteiger charge is 1.99. The van der Waals surface area contributed by atoms with Crippen LogP contribution in [-0.4, -0.2) is 24.1 Å². The van der Waals surface area contributed by atoms with E-state index in [1.165, 1.54) is 0 Å². The highest BCUT2D eigenvalue weighted by Crippen LogP contribution is 2.03. The number of amides is 1. The standard InChI is InChI=1S/C14H22N2O2/c1-2-8-16-14(18)7-9-15-10-12-3-5-13(11-17)6-4-12/h3-6,15,17H,2,7-11H2,1H3,(H,16,18). The molecule has 1 rings (SSSR count). The molecule has 18 heavy (non-hydrogen) atoms. The number of hydrogen-bond acceptors (Lipinski definition) is 3. The normalized spacial score (nSPS) is 10.3. The second-order valence-corrected chi connectivity index (χ2v) is 4.25. The summed E-state index contributed by atoms with van der Waals surface area (Å²) < 4.78 is 0. The van der Waals surface area contributed by atoms with Crippen LogP contribution in [0, 0.1) is 0 Å². The summed E-state index contributed by atoms with van der Waals surface area (Å²) in [6, 6.07) is 7.78. The molecule has 0 unspecified atom stereocenters. The second-order valence-electron chi connectivity index (χ2n) is 4.25. The van der Waals surface area contributed by atoms with Gasteiger partial charge >= 0.3 is 0 Å². The summed E-state index contributed by atoms with van der Waals surface area (Å²) in [6.07, 6.45) is 1.48. The molecule has 4 nitrogen and oxygen atoms in total. The van der Waals surface area contributed by atoms with Gasteiger partial charge in [-0.05, 0) is 17.5 Å². The summed E-state index contributed by atoms with van der Waals surface area (Å²) in [5.74, 6) is 0.0972. The van der Waals surface area contributed by atoms with E-state index >= 15 is 0 Å². The van der Waals surface area contributed by atoms with Gasteiger partial charge in [0.05, 0.1) is 6.61 Å². The molecule has 0 aliphatic carbocycles. The van der Waals surface area contributed by atoms with Crippen LogP contribution in [-0.2, 0) is 17.9 Å². The zero-order valence-corrected chi connectivity index (χ0v) is 10.9. The van der Waals surface area contributed by atoms with Crippen LogP contribution in [0.25, 0.3) is 0 Å². The smallest absolute Gasteiger partial charge is 0.221 e. The molecule has 0 atom stereocenters. The predicted octanol–water partition coefficient (Wildman–Crippen LogP) is 1.18. The van der Waals surface area contributed by atoms with Crippen LogP contribution in [0.15, 0.2) is 24.3 Å². The van der Waals surface area contributed by atoms with Crippen molar-refractivity contribution in [1.82, 2.24) is 10.6 Å². The van der Waals surface area contributed by atoms with E-state index in [1.807, 2.05) is 31.2 Å². The third-order valence-electron chi connectivity index (χ3n) is 2.64. The maximum Gasteiger partial charge on any atom is 0.221 e. The number of nitrogens with one attached hydrogen (secondary N) is 2. The van der Waals surface area contributed by atoms with E-state index in [0.717, 1.165) is 30.6 Å². The topological polar surface area (TPSA) is 61.4 Å². The molecule has 0 aliphatic rings. The van der Waals surface area contributed by atoms with E-state index in [4.69, 9.17) is 5.11 Å². The van der Waals surface area contributed by atoms with Gasteiger partial charge in [0, 0.05) is 26.1 Å². The van der Waals surface area contributed by atoms with Crippen LogP contribution >= 0.6 is 0 Å². The number of benzene rings is 1. The Labute approximate surface area is 108 Å². The third-order valence-corrected chi connectivity index (χ3v) is 2.64. The Morgan fingerprint density at radius 2 is 1.83 bits per heavy atom. The quantitative estimate of drug-likeness (QED) is 0.607. The molecule has 0 bridgehead atoms. The van der Waals surface area contributed by atoms with Gasteiger partial charge in [-0.1, -0.05) is 31.2 Å². The van der Waals surface area contributed by atoms with Crippen molar-refractivity contribution in [3.8, 4) is 0 Å². The fourth-order valence-electron chi connectivity index (χ4n) is 1.55. The Hall–Kier alpha value is -1.39. The highest BCUT2D eigenvalue weighted by molar-refractivity contribution is 5.75. The largest absolute Gasteiger partial charge is 0.392 e. The van der Waals surface area contributed by atoms with Crippen molar-refractivity contribution in [1.29, 1.82) is 0 Å². The lowest BCUT2D eigenvalue weighted by molar-refractivity contribution is -0.120. The first-order chi connectivity index (χ1) is 8.76. The number of rotatable bonds is 8. The number of aliphatic hydroxyl groups excluding tert-OH is 1. The van der Waals surface area contributed by atoms with Crippen molar-refractivity contribution in [2.45, 2.75) is 32.9 Å². The molecule has 0 spiro atoms. The molecule has 0 fully saturated rings. The number of carbonyl (C=O) groups is 1. The van der Waals surface area contributed by atoms with E-state index in [-0.39, 0.29) is 12.5 Å².